The van der Waals surface area contributed by atoms with Crippen LogP contribution in [-0.2, 0) is 16.1 Å². The average molecular weight is 426 g/mol. The number of amides is 1. The number of halogens is 1. The quantitative estimate of drug-likeness (QED) is 0.556. The van der Waals surface area contributed by atoms with Gasteiger partial charge in [0.25, 0.3) is 0 Å². The Bertz CT molecular complexity index is 834. The van der Waals surface area contributed by atoms with Crippen LogP contribution in [0.3, 0.4) is 0 Å². The van der Waals surface area contributed by atoms with Crippen molar-refractivity contribution >= 4 is 29.1 Å². The summed E-state index contributed by atoms with van der Waals surface area (Å²) in [7, 11) is 1.43. The summed E-state index contributed by atoms with van der Waals surface area (Å²) in [6, 6.07) is 4.16. The molecule has 1 atom stereocenters. The molecule has 0 saturated carbocycles. The number of rotatable bonds is 6. The summed E-state index contributed by atoms with van der Waals surface area (Å²) >= 11 is -1.61. The van der Waals surface area contributed by atoms with Gasteiger partial charge in [-0.15, -0.1) is 0 Å². The molecule has 1 unspecified atom stereocenters. The summed E-state index contributed by atoms with van der Waals surface area (Å²) in [5.41, 5.74) is 0.880. The van der Waals surface area contributed by atoms with Crippen molar-refractivity contribution in [2.75, 3.05) is 20.2 Å². The van der Waals surface area contributed by atoms with E-state index in [4.69, 9.17) is 9.84 Å². The van der Waals surface area contributed by atoms with E-state index in [1.165, 1.54) is 19.2 Å². The second-order valence-electron chi connectivity index (χ2n) is 8.56. The highest BCUT2D eigenvalue weighted by molar-refractivity contribution is 7.91. The molecule has 0 aromatic heterocycles. The molecule has 7 nitrogen and oxygen atoms in total. The third-order valence-corrected chi connectivity index (χ3v) is 5.65. The summed E-state index contributed by atoms with van der Waals surface area (Å²) in [5.74, 6) is -0.117. The largest absolute Gasteiger partial charge is 0.591 e. The molecule has 29 heavy (non-hydrogen) atoms. The van der Waals surface area contributed by atoms with Gasteiger partial charge in [-0.3, -0.25) is 0 Å². The predicted molar refractivity (Wildman–Crippen MR) is 113 cm³/mol. The van der Waals surface area contributed by atoms with Crippen LogP contribution >= 0.6 is 0 Å². The van der Waals surface area contributed by atoms with Gasteiger partial charge in [-0.2, -0.15) is 0 Å². The normalized spacial score (nSPS) is 17.5. The van der Waals surface area contributed by atoms with E-state index in [1.54, 1.807) is 26.8 Å². The molecule has 1 heterocycles. The molecule has 0 fully saturated rings. The van der Waals surface area contributed by atoms with Crippen LogP contribution in [0.2, 0.25) is 0 Å². The van der Waals surface area contributed by atoms with E-state index in [1.807, 2.05) is 13.8 Å². The van der Waals surface area contributed by atoms with Gasteiger partial charge in [-0.25, -0.2) is 14.2 Å². The third kappa shape index (κ3) is 6.17. The van der Waals surface area contributed by atoms with Crippen molar-refractivity contribution < 1.29 is 23.6 Å². The molecule has 1 aliphatic rings. The van der Waals surface area contributed by atoms with Crippen molar-refractivity contribution in [2.45, 2.75) is 51.3 Å². The van der Waals surface area contributed by atoms with Gasteiger partial charge < -0.3 is 19.3 Å². The Hall–Kier alpha value is -2.13. The molecule has 0 radical (unpaired) electrons. The molecule has 1 aliphatic heterocycles. The first-order valence-electron chi connectivity index (χ1n) is 9.27. The van der Waals surface area contributed by atoms with Crippen LogP contribution in [0.25, 0.3) is 0 Å². The lowest BCUT2D eigenvalue weighted by Gasteiger charge is -2.21. The highest BCUT2D eigenvalue weighted by Gasteiger charge is 2.31. The summed E-state index contributed by atoms with van der Waals surface area (Å²) in [6.45, 7) is 9.71. The van der Waals surface area contributed by atoms with Crippen LogP contribution in [-0.4, -0.2) is 62.7 Å². The van der Waals surface area contributed by atoms with Crippen molar-refractivity contribution in [1.29, 1.82) is 0 Å². The Morgan fingerprint density at radius 2 is 2.10 bits per heavy atom. The summed E-state index contributed by atoms with van der Waals surface area (Å²) in [4.78, 5) is 16.8. The van der Waals surface area contributed by atoms with E-state index in [2.05, 4.69) is 9.39 Å². The molecule has 1 N–H and O–H groups in total. The van der Waals surface area contributed by atoms with E-state index in [0.29, 0.717) is 29.3 Å². The fourth-order valence-corrected chi connectivity index (χ4v) is 3.16. The third-order valence-electron chi connectivity index (χ3n) is 4.22. The molecule has 1 amide bonds. The molecular formula is C20H28FN3O4S. The van der Waals surface area contributed by atoms with E-state index in [-0.39, 0.29) is 13.0 Å². The molecule has 9 heteroatoms. The molecule has 2 rings (SSSR count). The first-order chi connectivity index (χ1) is 13.3. The summed E-state index contributed by atoms with van der Waals surface area (Å²) < 4.78 is 36.3. The molecule has 0 aliphatic carbocycles. The molecule has 1 aromatic carbocycles. The van der Waals surface area contributed by atoms with Crippen LogP contribution in [0.15, 0.2) is 27.6 Å². The minimum Gasteiger partial charge on any atom is -0.591 e. The smallest absolute Gasteiger partial charge is 0.407 e. The van der Waals surface area contributed by atoms with Gasteiger partial charge in [-0.05, 0) is 52.8 Å². The minimum atomic E-state index is -1.61. The van der Waals surface area contributed by atoms with Crippen LogP contribution in [0.5, 0.6) is 0 Å². The standard InChI is InChI=1S/C20H28FN3O4S/c1-19(2,3)29(27)23-16(9-10-24(6)18(25)26)15-11-13(21)7-8-14(15)17-22-20(4,5)12-28-17/h7-8,11H,9-10,12H2,1-6H3,(H,25,26)/b23-16-. The Kier molecular flexibility index (Phi) is 6.95. The number of benzene rings is 1. The monoisotopic (exact) mass is 425 g/mol. The van der Waals surface area contributed by atoms with Crippen molar-refractivity contribution in [3.8, 4) is 0 Å². The number of nitrogens with zero attached hydrogens (tertiary/aromatic N) is 3. The fourth-order valence-electron chi connectivity index (χ4n) is 2.50. The maximum Gasteiger partial charge on any atom is 0.407 e. The van der Waals surface area contributed by atoms with Crippen LogP contribution in [0.1, 0.15) is 52.2 Å². The molecule has 1 aromatic rings. The second kappa shape index (κ2) is 8.71. The zero-order valence-electron chi connectivity index (χ0n) is 17.7. The van der Waals surface area contributed by atoms with Crippen LogP contribution < -0.4 is 0 Å². The molecule has 0 spiro atoms. The highest BCUT2D eigenvalue weighted by Crippen LogP contribution is 2.26. The predicted octanol–water partition coefficient (Wildman–Crippen LogP) is 3.63. The Morgan fingerprint density at radius 3 is 2.62 bits per heavy atom. The van der Waals surface area contributed by atoms with Gasteiger partial charge in [0, 0.05) is 31.1 Å². The molecule has 0 saturated heterocycles. The van der Waals surface area contributed by atoms with Gasteiger partial charge in [0.05, 0.1) is 5.54 Å². The minimum absolute atomic E-state index is 0.115. The maximum atomic E-state index is 14.1. The molecule has 0 bridgehead atoms. The summed E-state index contributed by atoms with van der Waals surface area (Å²) in [6.07, 6.45) is -0.927. The Balaban J connectivity index is 2.53. The first kappa shape index (κ1) is 23.2. The van der Waals surface area contributed by atoms with E-state index in [0.717, 1.165) is 4.90 Å². The van der Waals surface area contributed by atoms with Crippen LogP contribution in [0.4, 0.5) is 9.18 Å². The van der Waals surface area contributed by atoms with Gasteiger partial charge in [0.2, 0.25) is 5.90 Å². The lowest BCUT2D eigenvalue weighted by atomic mass is 10.00. The van der Waals surface area contributed by atoms with Gasteiger partial charge in [-0.1, -0.05) is 4.40 Å². The van der Waals surface area contributed by atoms with Crippen molar-refractivity contribution in [3.63, 3.8) is 0 Å². The van der Waals surface area contributed by atoms with E-state index >= 15 is 0 Å². The van der Waals surface area contributed by atoms with E-state index < -0.39 is 33.6 Å². The SMILES string of the molecule is CN(CC/C(=N/[S+]([O-])C(C)(C)C)c1cc(F)ccc1C1=NC(C)(C)CO1)C(=O)O. The number of ether oxygens (including phenoxy) is 1. The second-order valence-corrected chi connectivity index (χ2v) is 10.5. The average Bonchev–Trinajstić information content (AvgIpc) is 2.96. The zero-order valence-corrected chi connectivity index (χ0v) is 18.5. The lowest BCUT2D eigenvalue weighted by molar-refractivity contribution is 0.157. The van der Waals surface area contributed by atoms with Crippen molar-refractivity contribution in [1.82, 2.24) is 4.90 Å². The fraction of sp³-hybridized carbons (Fsp3) is 0.550. The van der Waals surface area contributed by atoms with Crippen molar-refractivity contribution in [3.05, 3.63) is 35.1 Å². The number of carboxylic acid groups (broad SMARTS) is 1. The number of hydrogen-bond acceptors (Lipinski definition) is 5. The Morgan fingerprint density at radius 1 is 1.45 bits per heavy atom. The van der Waals surface area contributed by atoms with Gasteiger partial charge >= 0.3 is 6.09 Å². The Labute approximate surface area is 174 Å². The van der Waals surface area contributed by atoms with Gasteiger partial charge in [0.1, 0.15) is 34.2 Å². The van der Waals surface area contributed by atoms with E-state index in [9.17, 15) is 13.7 Å². The van der Waals surface area contributed by atoms with Crippen molar-refractivity contribution in [2.24, 2.45) is 9.39 Å². The molecular weight excluding hydrogens is 397 g/mol. The molecule has 160 valence electrons. The maximum absolute atomic E-state index is 14.1. The first-order valence-corrected chi connectivity index (χ1v) is 10.4. The number of carbonyl (C=O) groups is 1. The highest BCUT2D eigenvalue weighted by atomic mass is 32.2. The zero-order chi connectivity index (χ0) is 22.0. The summed E-state index contributed by atoms with van der Waals surface area (Å²) in [5, 5.41) is 9.13. The number of hydrogen-bond donors (Lipinski definition) is 1. The topological polar surface area (TPSA) is 97.5 Å². The lowest BCUT2D eigenvalue weighted by Crippen LogP contribution is -2.30. The van der Waals surface area contributed by atoms with Gasteiger partial charge in [0.15, 0.2) is 0 Å². The number of aliphatic imine (C=N–C) groups is 1. The van der Waals surface area contributed by atoms with Crippen LogP contribution in [0, 0.1) is 5.82 Å².